The number of esters is 1. The third-order valence-electron chi connectivity index (χ3n) is 4.77. The SMILES string of the molecule is C[C@]12COCc3cccc4cccc(c34)COC(=O)[C@H]1C2. The highest BCUT2D eigenvalue weighted by Gasteiger charge is 2.55. The Kier molecular flexibility index (Phi) is 2.79. The standard InChI is InChI=1S/C18H18O3/c1-18-8-15(18)17(19)21-10-14-7-3-5-12-4-2-6-13(16(12)14)9-20-11-18/h2-7,15H,8-11H2,1H3/t15-,18+/m1/s1. The molecule has 1 fully saturated rings. The zero-order valence-corrected chi connectivity index (χ0v) is 12.1. The van der Waals surface area contributed by atoms with Gasteiger partial charge in [0.2, 0.25) is 0 Å². The molecule has 3 heteroatoms. The van der Waals surface area contributed by atoms with E-state index in [0.29, 0.717) is 19.8 Å². The molecular weight excluding hydrogens is 264 g/mol. The molecule has 1 saturated carbocycles. The molecule has 2 atom stereocenters. The fourth-order valence-corrected chi connectivity index (χ4v) is 3.32. The lowest BCUT2D eigenvalue weighted by Gasteiger charge is -2.12. The van der Waals surface area contributed by atoms with Crippen molar-refractivity contribution < 1.29 is 14.3 Å². The van der Waals surface area contributed by atoms with Crippen LogP contribution in [-0.4, -0.2) is 12.6 Å². The molecule has 3 nitrogen and oxygen atoms in total. The third kappa shape index (κ3) is 2.12. The summed E-state index contributed by atoms with van der Waals surface area (Å²) in [6.07, 6.45) is 0.873. The van der Waals surface area contributed by atoms with E-state index >= 15 is 0 Å². The summed E-state index contributed by atoms with van der Waals surface area (Å²) in [5.74, 6) is -0.0876. The Morgan fingerprint density at radius 3 is 2.57 bits per heavy atom. The summed E-state index contributed by atoms with van der Waals surface area (Å²) in [5.41, 5.74) is 2.19. The van der Waals surface area contributed by atoms with Gasteiger partial charge in [0.15, 0.2) is 0 Å². The maximum atomic E-state index is 12.1. The first-order chi connectivity index (χ1) is 10.2. The number of carbonyl (C=O) groups excluding carboxylic acids is 1. The van der Waals surface area contributed by atoms with E-state index in [1.54, 1.807) is 0 Å². The molecule has 108 valence electrons. The highest BCUT2D eigenvalue weighted by molar-refractivity contribution is 5.89. The summed E-state index contributed by atoms with van der Waals surface area (Å²) in [4.78, 5) is 12.1. The van der Waals surface area contributed by atoms with Crippen molar-refractivity contribution in [2.45, 2.75) is 26.6 Å². The van der Waals surface area contributed by atoms with Gasteiger partial charge in [-0.15, -0.1) is 0 Å². The molecule has 4 rings (SSSR count). The van der Waals surface area contributed by atoms with Crippen LogP contribution in [-0.2, 0) is 27.5 Å². The molecule has 2 aromatic rings. The van der Waals surface area contributed by atoms with Crippen LogP contribution in [0.3, 0.4) is 0 Å². The second-order valence-corrected chi connectivity index (χ2v) is 6.44. The summed E-state index contributed by atoms with van der Waals surface area (Å²) in [7, 11) is 0. The van der Waals surface area contributed by atoms with Crippen LogP contribution in [0.15, 0.2) is 36.4 Å². The van der Waals surface area contributed by atoms with Gasteiger partial charge in [-0.2, -0.15) is 0 Å². The van der Waals surface area contributed by atoms with Crippen molar-refractivity contribution in [1.82, 2.24) is 0 Å². The van der Waals surface area contributed by atoms with Crippen molar-refractivity contribution in [3.8, 4) is 0 Å². The lowest BCUT2D eigenvalue weighted by molar-refractivity contribution is -0.147. The molecule has 1 aliphatic carbocycles. The van der Waals surface area contributed by atoms with E-state index in [1.165, 1.54) is 10.9 Å². The van der Waals surface area contributed by atoms with Crippen LogP contribution in [0, 0.1) is 11.3 Å². The Hall–Kier alpha value is -1.87. The highest BCUT2D eigenvalue weighted by Crippen LogP contribution is 2.53. The van der Waals surface area contributed by atoms with Crippen LogP contribution in [0.4, 0.5) is 0 Å². The van der Waals surface area contributed by atoms with E-state index < -0.39 is 0 Å². The summed E-state index contributed by atoms with van der Waals surface area (Å²) in [6.45, 7) is 3.65. The van der Waals surface area contributed by atoms with E-state index in [2.05, 4.69) is 31.2 Å². The van der Waals surface area contributed by atoms with Gasteiger partial charge in [-0.1, -0.05) is 43.3 Å². The van der Waals surface area contributed by atoms with Gasteiger partial charge in [-0.25, -0.2) is 0 Å². The molecule has 1 aliphatic heterocycles. The molecule has 1 heterocycles. The van der Waals surface area contributed by atoms with Gasteiger partial charge >= 0.3 is 5.97 Å². The molecule has 0 radical (unpaired) electrons. The minimum Gasteiger partial charge on any atom is -0.461 e. The second-order valence-electron chi connectivity index (χ2n) is 6.44. The summed E-state index contributed by atoms with van der Waals surface area (Å²) in [6, 6.07) is 12.4. The van der Waals surface area contributed by atoms with E-state index in [9.17, 15) is 4.79 Å². The molecule has 2 aromatic carbocycles. The first-order valence-corrected chi connectivity index (χ1v) is 7.41. The normalized spacial score (nSPS) is 28.4. The summed E-state index contributed by atoms with van der Waals surface area (Å²) in [5, 5.41) is 2.33. The third-order valence-corrected chi connectivity index (χ3v) is 4.77. The minimum atomic E-state index is -0.0857. The lowest BCUT2D eigenvalue weighted by atomic mass is 10.00. The van der Waals surface area contributed by atoms with Crippen LogP contribution < -0.4 is 0 Å². The Labute approximate surface area is 123 Å². The van der Waals surface area contributed by atoms with Crippen molar-refractivity contribution in [3.63, 3.8) is 0 Å². The predicted molar refractivity (Wildman–Crippen MR) is 79.6 cm³/mol. The zero-order valence-electron chi connectivity index (χ0n) is 12.1. The second kappa shape index (κ2) is 4.57. The first-order valence-electron chi connectivity index (χ1n) is 7.41. The van der Waals surface area contributed by atoms with Crippen LogP contribution in [0.5, 0.6) is 0 Å². The Morgan fingerprint density at radius 1 is 1.10 bits per heavy atom. The molecular formula is C18H18O3. The van der Waals surface area contributed by atoms with E-state index in [-0.39, 0.29) is 17.3 Å². The van der Waals surface area contributed by atoms with Crippen molar-refractivity contribution in [2.24, 2.45) is 11.3 Å². The Morgan fingerprint density at radius 2 is 1.81 bits per heavy atom. The number of fused-ring (bicyclic) bond motifs is 1. The maximum Gasteiger partial charge on any atom is 0.309 e. The molecule has 2 aliphatic rings. The van der Waals surface area contributed by atoms with Crippen LogP contribution in [0.2, 0.25) is 0 Å². The Balaban J connectivity index is 1.78. The van der Waals surface area contributed by atoms with E-state index in [4.69, 9.17) is 9.47 Å². The summed E-state index contributed by atoms with van der Waals surface area (Å²) >= 11 is 0. The smallest absolute Gasteiger partial charge is 0.309 e. The van der Waals surface area contributed by atoms with Crippen molar-refractivity contribution >= 4 is 16.7 Å². The molecule has 0 bridgehead atoms. The van der Waals surface area contributed by atoms with E-state index in [0.717, 1.165) is 17.4 Å². The van der Waals surface area contributed by atoms with Crippen molar-refractivity contribution in [1.29, 1.82) is 0 Å². The van der Waals surface area contributed by atoms with E-state index in [1.807, 2.05) is 12.1 Å². The molecule has 0 saturated heterocycles. The Bertz CT molecular complexity index is 716. The molecule has 0 amide bonds. The topological polar surface area (TPSA) is 35.5 Å². The van der Waals surface area contributed by atoms with Crippen molar-refractivity contribution in [2.75, 3.05) is 6.61 Å². The van der Waals surface area contributed by atoms with Gasteiger partial charge in [0.1, 0.15) is 6.61 Å². The monoisotopic (exact) mass is 282 g/mol. The fourth-order valence-electron chi connectivity index (χ4n) is 3.32. The average Bonchev–Trinajstić information content (AvgIpc) is 3.16. The number of benzene rings is 2. The number of ether oxygens (including phenoxy) is 2. The number of hydrogen-bond donors (Lipinski definition) is 0. The zero-order chi connectivity index (χ0) is 14.4. The van der Waals surface area contributed by atoms with Gasteiger partial charge in [0.05, 0.1) is 19.1 Å². The van der Waals surface area contributed by atoms with Gasteiger partial charge in [-0.3, -0.25) is 4.79 Å². The number of cyclic esters (lactones) is 1. The van der Waals surface area contributed by atoms with Gasteiger partial charge in [0, 0.05) is 5.41 Å². The fraction of sp³-hybridized carbons (Fsp3) is 0.389. The number of carbonyl (C=O) groups is 1. The summed E-state index contributed by atoms with van der Waals surface area (Å²) < 4.78 is 11.5. The minimum absolute atomic E-state index is 0.00193. The van der Waals surface area contributed by atoms with Crippen LogP contribution in [0.25, 0.3) is 10.8 Å². The van der Waals surface area contributed by atoms with Crippen LogP contribution in [0.1, 0.15) is 24.5 Å². The number of rotatable bonds is 0. The van der Waals surface area contributed by atoms with Gasteiger partial charge in [0.25, 0.3) is 0 Å². The van der Waals surface area contributed by atoms with Gasteiger partial charge in [-0.05, 0) is 28.3 Å². The molecule has 0 unspecified atom stereocenters. The van der Waals surface area contributed by atoms with Gasteiger partial charge < -0.3 is 9.47 Å². The molecule has 0 spiro atoms. The lowest BCUT2D eigenvalue weighted by Crippen LogP contribution is -2.15. The highest BCUT2D eigenvalue weighted by atomic mass is 16.5. The first kappa shape index (κ1) is 12.8. The van der Waals surface area contributed by atoms with Crippen LogP contribution >= 0.6 is 0 Å². The molecule has 0 aromatic heterocycles. The maximum absolute atomic E-state index is 12.1. The predicted octanol–water partition coefficient (Wildman–Crippen LogP) is 3.44. The molecule has 21 heavy (non-hydrogen) atoms. The quantitative estimate of drug-likeness (QED) is 0.694. The average molecular weight is 282 g/mol. The van der Waals surface area contributed by atoms with Crippen molar-refractivity contribution in [3.05, 3.63) is 47.5 Å². The number of hydrogen-bond acceptors (Lipinski definition) is 3. The largest absolute Gasteiger partial charge is 0.461 e. The molecule has 0 N–H and O–H groups in total.